The third kappa shape index (κ3) is 2.66. The van der Waals surface area contributed by atoms with Crippen molar-refractivity contribution in [1.29, 1.82) is 0 Å². The summed E-state index contributed by atoms with van der Waals surface area (Å²) >= 11 is 3.54. The lowest BCUT2D eigenvalue weighted by atomic mass is 10.1. The fourth-order valence-corrected chi connectivity index (χ4v) is 2.87. The number of hydrogen-bond donors (Lipinski definition) is 1. The Morgan fingerprint density at radius 2 is 2.21 bits per heavy atom. The highest BCUT2D eigenvalue weighted by Crippen LogP contribution is 2.31. The van der Waals surface area contributed by atoms with Gasteiger partial charge in [0.05, 0.1) is 5.92 Å². The van der Waals surface area contributed by atoms with Crippen molar-refractivity contribution >= 4 is 33.5 Å². The van der Waals surface area contributed by atoms with E-state index >= 15 is 0 Å². The van der Waals surface area contributed by atoms with E-state index in [1.54, 1.807) is 4.90 Å². The molecule has 19 heavy (non-hydrogen) atoms. The molecular weight excluding hydrogens is 310 g/mol. The molecule has 1 aromatic carbocycles. The van der Waals surface area contributed by atoms with Crippen LogP contribution in [0.15, 0.2) is 16.6 Å². The van der Waals surface area contributed by atoms with E-state index < -0.39 is 11.9 Å². The standard InChI is InChI=1S/C14H16BrNO3/c1-3-9-5-11(4-8(2)13(9)15)16-7-10(14(18)19)6-12(16)17/h4-5,10H,3,6-7H2,1-2H3,(H,18,19)/t10-/m0/s1. The van der Waals surface area contributed by atoms with Gasteiger partial charge in [0, 0.05) is 23.1 Å². The molecule has 102 valence electrons. The van der Waals surface area contributed by atoms with Crippen molar-refractivity contribution in [2.24, 2.45) is 5.92 Å². The molecule has 2 rings (SSSR count). The highest BCUT2D eigenvalue weighted by Gasteiger charge is 2.35. The minimum atomic E-state index is -0.902. The number of halogens is 1. The zero-order chi connectivity index (χ0) is 14.2. The largest absolute Gasteiger partial charge is 0.481 e. The molecule has 0 unspecified atom stereocenters. The smallest absolute Gasteiger partial charge is 0.308 e. The van der Waals surface area contributed by atoms with Crippen molar-refractivity contribution in [2.75, 3.05) is 11.4 Å². The van der Waals surface area contributed by atoms with Gasteiger partial charge >= 0.3 is 5.97 Å². The Morgan fingerprint density at radius 1 is 1.53 bits per heavy atom. The number of aryl methyl sites for hydroxylation is 2. The van der Waals surface area contributed by atoms with Crippen LogP contribution in [0.5, 0.6) is 0 Å². The summed E-state index contributed by atoms with van der Waals surface area (Å²) in [5.74, 6) is -1.61. The lowest BCUT2D eigenvalue weighted by molar-refractivity contribution is -0.141. The Bertz CT molecular complexity index is 542. The van der Waals surface area contributed by atoms with Crippen molar-refractivity contribution in [3.8, 4) is 0 Å². The van der Waals surface area contributed by atoms with Crippen molar-refractivity contribution in [3.05, 3.63) is 27.7 Å². The van der Waals surface area contributed by atoms with Gasteiger partial charge in [0.1, 0.15) is 0 Å². The molecule has 0 radical (unpaired) electrons. The average Bonchev–Trinajstić information content (AvgIpc) is 2.75. The van der Waals surface area contributed by atoms with Gasteiger partial charge in [-0.2, -0.15) is 0 Å². The number of amides is 1. The SMILES string of the molecule is CCc1cc(N2C[C@@H](C(=O)O)CC2=O)cc(C)c1Br. The topological polar surface area (TPSA) is 57.6 Å². The first-order valence-electron chi connectivity index (χ1n) is 6.26. The third-order valence-electron chi connectivity index (χ3n) is 3.48. The molecule has 1 atom stereocenters. The number of carboxylic acids is 1. The van der Waals surface area contributed by atoms with Gasteiger partial charge in [0.15, 0.2) is 0 Å². The summed E-state index contributed by atoms with van der Waals surface area (Å²) < 4.78 is 1.06. The summed E-state index contributed by atoms with van der Waals surface area (Å²) in [5.41, 5.74) is 2.98. The van der Waals surface area contributed by atoms with Crippen LogP contribution in [0, 0.1) is 12.8 Å². The fraction of sp³-hybridized carbons (Fsp3) is 0.429. The summed E-state index contributed by atoms with van der Waals surface area (Å²) in [7, 11) is 0. The predicted molar refractivity (Wildman–Crippen MR) is 76.4 cm³/mol. The van der Waals surface area contributed by atoms with Crippen molar-refractivity contribution in [1.82, 2.24) is 0 Å². The molecule has 1 heterocycles. The van der Waals surface area contributed by atoms with Crippen LogP contribution in [0.4, 0.5) is 5.69 Å². The van der Waals surface area contributed by atoms with E-state index in [1.165, 1.54) is 0 Å². The third-order valence-corrected chi connectivity index (χ3v) is 4.62. The van der Waals surface area contributed by atoms with Crippen LogP contribution in [0.3, 0.4) is 0 Å². The van der Waals surface area contributed by atoms with Crippen molar-refractivity contribution in [3.63, 3.8) is 0 Å². The Balaban J connectivity index is 2.35. The number of aliphatic carboxylic acids is 1. The number of carbonyl (C=O) groups is 2. The van der Waals surface area contributed by atoms with Crippen LogP contribution < -0.4 is 4.90 Å². The van der Waals surface area contributed by atoms with Crippen molar-refractivity contribution < 1.29 is 14.7 Å². The minimum absolute atomic E-state index is 0.0892. The Kier molecular flexibility index (Phi) is 3.94. The molecule has 4 nitrogen and oxygen atoms in total. The van der Waals surface area contributed by atoms with Gasteiger partial charge in [0.2, 0.25) is 5.91 Å². The van der Waals surface area contributed by atoms with Crippen molar-refractivity contribution in [2.45, 2.75) is 26.7 Å². The van der Waals surface area contributed by atoms with Crippen LogP contribution >= 0.6 is 15.9 Å². The van der Waals surface area contributed by atoms with E-state index in [1.807, 2.05) is 19.1 Å². The van der Waals surface area contributed by atoms with E-state index in [0.717, 1.165) is 27.7 Å². The van der Waals surface area contributed by atoms with E-state index in [2.05, 4.69) is 22.9 Å². The molecular formula is C14H16BrNO3. The maximum Gasteiger partial charge on any atom is 0.308 e. The van der Waals surface area contributed by atoms with E-state index in [4.69, 9.17) is 5.11 Å². The number of hydrogen-bond acceptors (Lipinski definition) is 2. The molecule has 0 aromatic heterocycles. The van der Waals surface area contributed by atoms with Crippen LogP contribution in [0.2, 0.25) is 0 Å². The molecule has 5 heteroatoms. The molecule has 1 fully saturated rings. The zero-order valence-electron chi connectivity index (χ0n) is 10.9. The van der Waals surface area contributed by atoms with Gasteiger partial charge in [0.25, 0.3) is 0 Å². The number of carboxylic acid groups (broad SMARTS) is 1. The monoisotopic (exact) mass is 325 g/mol. The average molecular weight is 326 g/mol. The Labute approximate surface area is 120 Å². The molecule has 0 saturated carbocycles. The van der Waals surface area contributed by atoms with Crippen LogP contribution in [-0.4, -0.2) is 23.5 Å². The number of rotatable bonds is 3. The second kappa shape index (κ2) is 5.33. The summed E-state index contributed by atoms with van der Waals surface area (Å²) in [6.45, 7) is 4.29. The summed E-state index contributed by atoms with van der Waals surface area (Å²) in [6, 6.07) is 3.88. The van der Waals surface area contributed by atoms with Gasteiger partial charge in [-0.25, -0.2) is 0 Å². The first kappa shape index (κ1) is 14.1. The zero-order valence-corrected chi connectivity index (χ0v) is 12.5. The van der Waals surface area contributed by atoms with Crippen LogP contribution in [-0.2, 0) is 16.0 Å². The van der Waals surface area contributed by atoms with Gasteiger partial charge in [-0.15, -0.1) is 0 Å². The number of anilines is 1. The number of benzene rings is 1. The Hall–Kier alpha value is -1.36. The first-order chi connectivity index (χ1) is 8.93. The highest BCUT2D eigenvalue weighted by atomic mass is 79.9. The van der Waals surface area contributed by atoms with Crippen LogP contribution in [0.25, 0.3) is 0 Å². The normalized spacial score (nSPS) is 19.0. The summed E-state index contributed by atoms with van der Waals surface area (Å²) in [4.78, 5) is 24.5. The maximum atomic E-state index is 11.9. The molecule has 0 aliphatic carbocycles. The number of nitrogens with zero attached hydrogens (tertiary/aromatic N) is 1. The second-order valence-electron chi connectivity index (χ2n) is 4.83. The molecule has 0 spiro atoms. The lowest BCUT2D eigenvalue weighted by Crippen LogP contribution is -2.26. The summed E-state index contributed by atoms with van der Waals surface area (Å²) in [6.07, 6.45) is 0.950. The van der Waals surface area contributed by atoms with E-state index in [0.29, 0.717) is 0 Å². The van der Waals surface area contributed by atoms with Gasteiger partial charge < -0.3 is 10.0 Å². The number of carbonyl (C=O) groups excluding carboxylic acids is 1. The van der Waals surface area contributed by atoms with E-state index in [9.17, 15) is 9.59 Å². The summed E-state index contributed by atoms with van der Waals surface area (Å²) in [5, 5.41) is 9.01. The Morgan fingerprint density at radius 3 is 2.74 bits per heavy atom. The first-order valence-corrected chi connectivity index (χ1v) is 7.05. The van der Waals surface area contributed by atoms with E-state index in [-0.39, 0.29) is 18.9 Å². The lowest BCUT2D eigenvalue weighted by Gasteiger charge is -2.19. The quantitative estimate of drug-likeness (QED) is 0.929. The molecule has 1 amide bonds. The molecule has 1 aliphatic rings. The van der Waals surface area contributed by atoms with Gasteiger partial charge in [-0.1, -0.05) is 22.9 Å². The maximum absolute atomic E-state index is 11.9. The molecule has 1 aromatic rings. The molecule has 1 aliphatic heterocycles. The molecule has 1 N–H and O–H groups in total. The predicted octanol–water partition coefficient (Wildman–Crippen LogP) is 2.76. The fourth-order valence-electron chi connectivity index (χ4n) is 2.36. The van der Waals surface area contributed by atoms with Gasteiger partial charge in [-0.05, 0) is 36.6 Å². The van der Waals surface area contributed by atoms with Gasteiger partial charge in [-0.3, -0.25) is 9.59 Å². The van der Waals surface area contributed by atoms with Crippen LogP contribution in [0.1, 0.15) is 24.5 Å². The highest BCUT2D eigenvalue weighted by molar-refractivity contribution is 9.10. The molecule has 1 saturated heterocycles. The minimum Gasteiger partial charge on any atom is -0.481 e. The second-order valence-corrected chi connectivity index (χ2v) is 5.63. The molecule has 0 bridgehead atoms.